The molecule has 6 nitrogen and oxygen atoms in total. The number of amides is 2. The third kappa shape index (κ3) is 2.57. The molecule has 100 valence electrons. The van der Waals surface area contributed by atoms with Crippen molar-refractivity contribution in [3.05, 3.63) is 29.3 Å². The highest BCUT2D eigenvalue weighted by Gasteiger charge is 2.30. The first-order chi connectivity index (χ1) is 9.02. The van der Waals surface area contributed by atoms with Crippen LogP contribution in [0.25, 0.3) is 0 Å². The van der Waals surface area contributed by atoms with Gasteiger partial charge in [0.2, 0.25) is 5.91 Å². The van der Waals surface area contributed by atoms with Gasteiger partial charge in [0.1, 0.15) is 6.04 Å². The zero-order valence-corrected chi connectivity index (χ0v) is 10.6. The van der Waals surface area contributed by atoms with Crippen molar-refractivity contribution in [3.8, 4) is 0 Å². The summed E-state index contributed by atoms with van der Waals surface area (Å²) < 4.78 is 4.51. The monoisotopic (exact) mass is 262 g/mol. The summed E-state index contributed by atoms with van der Waals surface area (Å²) in [5, 5.41) is 5.18. The average molecular weight is 262 g/mol. The summed E-state index contributed by atoms with van der Waals surface area (Å²) >= 11 is 0. The average Bonchev–Trinajstić information content (AvgIpc) is 2.48. The Balaban J connectivity index is 2.31. The third-order valence-electron chi connectivity index (χ3n) is 2.98. The summed E-state index contributed by atoms with van der Waals surface area (Å²) in [7, 11) is 1.23. The van der Waals surface area contributed by atoms with Crippen LogP contribution < -0.4 is 10.6 Å². The lowest BCUT2D eigenvalue weighted by Crippen LogP contribution is -2.42. The summed E-state index contributed by atoms with van der Waals surface area (Å²) in [6, 6.07) is 4.26. The molecule has 1 atom stereocenters. The summed E-state index contributed by atoms with van der Waals surface area (Å²) in [4.78, 5) is 35.3. The second-order valence-corrected chi connectivity index (χ2v) is 4.29. The molecular weight excluding hydrogens is 248 g/mol. The van der Waals surface area contributed by atoms with Crippen molar-refractivity contribution < 1.29 is 19.1 Å². The van der Waals surface area contributed by atoms with Crippen LogP contribution in [0.2, 0.25) is 0 Å². The number of aryl methyl sites for hydroxylation is 1. The maximum atomic E-state index is 12.1. The second-order valence-electron chi connectivity index (χ2n) is 4.29. The number of carbonyl (C=O) groups excluding carboxylic acids is 3. The number of carbonyl (C=O) groups is 3. The quantitative estimate of drug-likeness (QED) is 0.765. The number of benzene rings is 1. The van der Waals surface area contributed by atoms with Gasteiger partial charge in [-0.25, -0.2) is 0 Å². The van der Waals surface area contributed by atoms with E-state index < -0.39 is 17.9 Å². The van der Waals surface area contributed by atoms with Gasteiger partial charge in [0, 0.05) is 0 Å². The Hall–Kier alpha value is -2.37. The van der Waals surface area contributed by atoms with Crippen molar-refractivity contribution in [2.75, 3.05) is 12.4 Å². The van der Waals surface area contributed by atoms with Crippen molar-refractivity contribution in [3.63, 3.8) is 0 Å². The van der Waals surface area contributed by atoms with Gasteiger partial charge in [-0.1, -0.05) is 12.1 Å². The minimum absolute atomic E-state index is 0.193. The molecular formula is C13H14N2O4. The van der Waals surface area contributed by atoms with Gasteiger partial charge in [-0.2, -0.15) is 0 Å². The molecule has 1 heterocycles. The smallest absolute Gasteiger partial charge is 0.308 e. The lowest BCUT2D eigenvalue weighted by Gasteiger charge is -2.12. The molecule has 1 aliphatic rings. The van der Waals surface area contributed by atoms with Crippen LogP contribution in [0.3, 0.4) is 0 Å². The van der Waals surface area contributed by atoms with Crippen molar-refractivity contribution >= 4 is 23.5 Å². The molecule has 0 radical (unpaired) electrons. The van der Waals surface area contributed by atoms with E-state index in [9.17, 15) is 14.4 Å². The number of anilines is 1. The van der Waals surface area contributed by atoms with Gasteiger partial charge in [-0.05, 0) is 18.6 Å². The molecule has 2 amide bonds. The maximum Gasteiger partial charge on any atom is 0.308 e. The number of hydrogen-bond acceptors (Lipinski definition) is 4. The molecule has 0 spiro atoms. The van der Waals surface area contributed by atoms with E-state index in [0.29, 0.717) is 11.3 Å². The normalized spacial score (nSPS) is 17.9. The standard InChI is InChI=1S/C13H14N2O4/c1-7-4-3-5-8-11(7)13(18)15-9(12(17)14-8)6-10(16)19-2/h3-5,9H,6H2,1-2H3,(H,14,17)(H,15,18)/t9-/m1/s1. The topological polar surface area (TPSA) is 84.5 Å². The molecule has 6 heteroatoms. The molecule has 1 aromatic rings. The van der Waals surface area contributed by atoms with Crippen LogP contribution in [-0.2, 0) is 14.3 Å². The molecule has 2 N–H and O–H groups in total. The van der Waals surface area contributed by atoms with Crippen LogP contribution in [0.1, 0.15) is 22.3 Å². The van der Waals surface area contributed by atoms with E-state index in [2.05, 4.69) is 15.4 Å². The lowest BCUT2D eigenvalue weighted by molar-refractivity contribution is -0.142. The van der Waals surface area contributed by atoms with Gasteiger partial charge in [-0.3, -0.25) is 14.4 Å². The molecule has 0 saturated carbocycles. The predicted octanol–water partition coefficient (Wildman–Crippen LogP) is 0.609. The van der Waals surface area contributed by atoms with E-state index in [0.717, 1.165) is 5.56 Å². The Labute approximate surface area is 110 Å². The fraction of sp³-hybridized carbons (Fsp3) is 0.308. The van der Waals surface area contributed by atoms with Crippen molar-refractivity contribution in [1.29, 1.82) is 0 Å². The Morgan fingerprint density at radius 2 is 2.11 bits per heavy atom. The van der Waals surface area contributed by atoms with Crippen molar-refractivity contribution in [2.24, 2.45) is 0 Å². The number of rotatable bonds is 2. The molecule has 0 aromatic heterocycles. The van der Waals surface area contributed by atoms with Gasteiger partial charge < -0.3 is 15.4 Å². The van der Waals surface area contributed by atoms with Gasteiger partial charge >= 0.3 is 5.97 Å². The van der Waals surface area contributed by atoms with Crippen LogP contribution in [0, 0.1) is 6.92 Å². The summed E-state index contributed by atoms with van der Waals surface area (Å²) in [5.41, 5.74) is 1.63. The molecule has 0 unspecified atom stereocenters. The highest BCUT2D eigenvalue weighted by Crippen LogP contribution is 2.22. The zero-order chi connectivity index (χ0) is 14.0. The van der Waals surface area contributed by atoms with Crippen molar-refractivity contribution in [1.82, 2.24) is 5.32 Å². The number of nitrogens with one attached hydrogen (secondary N) is 2. The Kier molecular flexibility index (Phi) is 3.50. The summed E-state index contributed by atoms with van der Waals surface area (Å²) in [5.74, 6) is -1.36. The second kappa shape index (κ2) is 5.09. The number of fused-ring (bicyclic) bond motifs is 1. The molecule has 1 aromatic carbocycles. The molecule has 0 saturated heterocycles. The van der Waals surface area contributed by atoms with E-state index in [1.54, 1.807) is 25.1 Å². The number of methoxy groups -OCH3 is 1. The molecule has 0 bridgehead atoms. The minimum Gasteiger partial charge on any atom is -0.469 e. The number of esters is 1. The first-order valence-electron chi connectivity index (χ1n) is 5.81. The van der Waals surface area contributed by atoms with Crippen LogP contribution >= 0.6 is 0 Å². The fourth-order valence-corrected chi connectivity index (χ4v) is 1.98. The Morgan fingerprint density at radius 1 is 1.37 bits per heavy atom. The summed E-state index contributed by atoms with van der Waals surface area (Å²) in [6.45, 7) is 1.78. The number of ether oxygens (including phenoxy) is 1. The van der Waals surface area contributed by atoms with Gasteiger partial charge in [-0.15, -0.1) is 0 Å². The van der Waals surface area contributed by atoms with E-state index in [4.69, 9.17) is 0 Å². The largest absolute Gasteiger partial charge is 0.469 e. The highest BCUT2D eigenvalue weighted by molar-refractivity contribution is 6.11. The first kappa shape index (κ1) is 13.1. The Bertz CT molecular complexity index is 554. The summed E-state index contributed by atoms with van der Waals surface area (Å²) in [6.07, 6.45) is -0.193. The van der Waals surface area contributed by atoms with Gasteiger partial charge in [0.05, 0.1) is 24.8 Å². The van der Waals surface area contributed by atoms with Gasteiger partial charge in [0.15, 0.2) is 0 Å². The van der Waals surface area contributed by atoms with E-state index >= 15 is 0 Å². The van der Waals surface area contributed by atoms with E-state index in [1.807, 2.05) is 0 Å². The predicted molar refractivity (Wildman–Crippen MR) is 67.7 cm³/mol. The SMILES string of the molecule is COC(=O)C[C@H]1NC(=O)c2c(C)cccc2NC1=O. The number of hydrogen-bond donors (Lipinski definition) is 2. The van der Waals surface area contributed by atoms with Gasteiger partial charge in [0.25, 0.3) is 5.91 Å². The maximum absolute atomic E-state index is 12.1. The van der Waals surface area contributed by atoms with E-state index in [1.165, 1.54) is 7.11 Å². The highest BCUT2D eigenvalue weighted by atomic mass is 16.5. The first-order valence-corrected chi connectivity index (χ1v) is 5.81. The molecule has 19 heavy (non-hydrogen) atoms. The van der Waals surface area contributed by atoms with Crippen LogP contribution in [0.15, 0.2) is 18.2 Å². The van der Waals surface area contributed by atoms with Crippen molar-refractivity contribution in [2.45, 2.75) is 19.4 Å². The lowest BCUT2D eigenvalue weighted by atomic mass is 10.1. The van der Waals surface area contributed by atoms with Crippen LogP contribution in [-0.4, -0.2) is 30.9 Å². The molecule has 0 aliphatic carbocycles. The fourth-order valence-electron chi connectivity index (χ4n) is 1.98. The molecule has 1 aliphatic heterocycles. The molecule has 0 fully saturated rings. The molecule has 2 rings (SSSR count). The van der Waals surface area contributed by atoms with Crippen LogP contribution in [0.4, 0.5) is 5.69 Å². The third-order valence-corrected chi connectivity index (χ3v) is 2.98. The van der Waals surface area contributed by atoms with E-state index in [-0.39, 0.29) is 12.3 Å². The Morgan fingerprint density at radius 3 is 2.79 bits per heavy atom. The van der Waals surface area contributed by atoms with Crippen LogP contribution in [0.5, 0.6) is 0 Å². The minimum atomic E-state index is -0.924. The zero-order valence-electron chi connectivity index (χ0n) is 10.6.